The second-order valence-electron chi connectivity index (χ2n) is 5.33. The van der Waals surface area contributed by atoms with Gasteiger partial charge in [0, 0.05) is 0 Å². The summed E-state index contributed by atoms with van der Waals surface area (Å²) in [4.78, 5) is 23.5. The highest BCUT2D eigenvalue weighted by molar-refractivity contribution is 5.92. The minimum absolute atomic E-state index is 0.183. The molecule has 0 aromatic heterocycles. The third-order valence-corrected chi connectivity index (χ3v) is 3.79. The second kappa shape index (κ2) is 5.03. The van der Waals surface area contributed by atoms with Gasteiger partial charge in [-0.1, -0.05) is 37.6 Å². The summed E-state index contributed by atoms with van der Waals surface area (Å²) in [5.74, 6) is -1.36. The van der Waals surface area contributed by atoms with Crippen molar-refractivity contribution in [3.63, 3.8) is 0 Å². The molecule has 0 aliphatic heterocycles. The SMILES string of the molecule is CCCC(C)(NC(=O)C1Cc2ccccc21)C(=O)O. The van der Waals surface area contributed by atoms with Gasteiger partial charge in [0.25, 0.3) is 0 Å². The van der Waals surface area contributed by atoms with E-state index >= 15 is 0 Å². The second-order valence-corrected chi connectivity index (χ2v) is 5.33. The van der Waals surface area contributed by atoms with Gasteiger partial charge in [-0.05, 0) is 30.9 Å². The zero-order valence-electron chi connectivity index (χ0n) is 11.3. The summed E-state index contributed by atoms with van der Waals surface area (Å²) in [6, 6.07) is 7.79. The van der Waals surface area contributed by atoms with E-state index in [1.165, 1.54) is 5.56 Å². The summed E-state index contributed by atoms with van der Waals surface area (Å²) in [7, 11) is 0. The maximum Gasteiger partial charge on any atom is 0.329 e. The van der Waals surface area contributed by atoms with Crippen molar-refractivity contribution < 1.29 is 14.7 Å². The highest BCUT2D eigenvalue weighted by Gasteiger charge is 2.39. The number of fused-ring (bicyclic) bond motifs is 1. The van der Waals surface area contributed by atoms with Crippen molar-refractivity contribution in [1.82, 2.24) is 5.32 Å². The number of carboxylic acids is 1. The summed E-state index contributed by atoms with van der Waals surface area (Å²) in [6.07, 6.45) is 1.84. The van der Waals surface area contributed by atoms with E-state index in [1.807, 2.05) is 31.2 Å². The van der Waals surface area contributed by atoms with Crippen LogP contribution in [0.3, 0.4) is 0 Å². The third kappa shape index (κ3) is 2.48. The molecular weight excluding hydrogens is 242 g/mol. The Balaban J connectivity index is 2.08. The monoisotopic (exact) mass is 261 g/mol. The predicted octanol–water partition coefficient (Wildman–Crippen LogP) is 2.09. The molecule has 0 heterocycles. The first-order valence-electron chi connectivity index (χ1n) is 6.61. The van der Waals surface area contributed by atoms with E-state index in [2.05, 4.69) is 5.32 Å². The standard InChI is InChI=1S/C15H19NO3/c1-3-8-15(2,14(18)19)16-13(17)12-9-10-6-4-5-7-11(10)12/h4-7,12H,3,8-9H2,1-2H3,(H,16,17)(H,18,19). The first-order chi connectivity index (χ1) is 8.98. The fraction of sp³-hybridized carbons (Fsp3) is 0.467. The van der Waals surface area contributed by atoms with Gasteiger partial charge in [0.1, 0.15) is 5.54 Å². The van der Waals surface area contributed by atoms with E-state index < -0.39 is 11.5 Å². The van der Waals surface area contributed by atoms with Crippen LogP contribution in [-0.2, 0) is 16.0 Å². The van der Waals surface area contributed by atoms with Gasteiger partial charge in [-0.2, -0.15) is 0 Å². The molecule has 102 valence electrons. The zero-order chi connectivity index (χ0) is 14.0. The van der Waals surface area contributed by atoms with E-state index in [1.54, 1.807) is 6.92 Å². The molecule has 19 heavy (non-hydrogen) atoms. The fourth-order valence-electron chi connectivity index (χ4n) is 2.57. The molecule has 2 atom stereocenters. The lowest BCUT2D eigenvalue weighted by Crippen LogP contribution is -2.54. The van der Waals surface area contributed by atoms with Crippen LogP contribution in [0.4, 0.5) is 0 Å². The number of amides is 1. The Morgan fingerprint density at radius 3 is 2.68 bits per heavy atom. The predicted molar refractivity (Wildman–Crippen MR) is 72.0 cm³/mol. The number of aliphatic carboxylic acids is 1. The molecule has 0 bridgehead atoms. The van der Waals surface area contributed by atoms with Gasteiger partial charge in [0.2, 0.25) is 5.91 Å². The maximum absolute atomic E-state index is 12.2. The lowest BCUT2D eigenvalue weighted by Gasteiger charge is -2.33. The molecule has 2 unspecified atom stereocenters. The molecule has 1 aromatic rings. The number of nitrogens with one attached hydrogen (secondary N) is 1. The Bertz CT molecular complexity index is 512. The van der Waals surface area contributed by atoms with Crippen molar-refractivity contribution in [2.24, 2.45) is 0 Å². The average Bonchev–Trinajstić information content (AvgIpc) is 2.30. The van der Waals surface area contributed by atoms with E-state index in [0.717, 1.165) is 5.56 Å². The topological polar surface area (TPSA) is 66.4 Å². The molecule has 2 rings (SSSR count). The molecular formula is C15H19NO3. The lowest BCUT2D eigenvalue weighted by atomic mass is 9.76. The van der Waals surface area contributed by atoms with Crippen molar-refractivity contribution in [2.75, 3.05) is 0 Å². The van der Waals surface area contributed by atoms with Crippen molar-refractivity contribution in [1.29, 1.82) is 0 Å². The van der Waals surface area contributed by atoms with Gasteiger partial charge in [0.05, 0.1) is 5.92 Å². The fourth-order valence-corrected chi connectivity index (χ4v) is 2.57. The number of benzene rings is 1. The van der Waals surface area contributed by atoms with Crippen LogP contribution in [0.15, 0.2) is 24.3 Å². The van der Waals surface area contributed by atoms with Crippen molar-refractivity contribution in [3.05, 3.63) is 35.4 Å². The minimum atomic E-state index is -1.17. The van der Waals surface area contributed by atoms with Gasteiger partial charge in [-0.25, -0.2) is 4.79 Å². The van der Waals surface area contributed by atoms with Gasteiger partial charge in [-0.3, -0.25) is 4.79 Å². The smallest absolute Gasteiger partial charge is 0.329 e. The maximum atomic E-state index is 12.2. The molecule has 4 nitrogen and oxygen atoms in total. The molecule has 4 heteroatoms. The third-order valence-electron chi connectivity index (χ3n) is 3.79. The van der Waals surface area contributed by atoms with Crippen molar-refractivity contribution >= 4 is 11.9 Å². The van der Waals surface area contributed by atoms with Crippen molar-refractivity contribution in [2.45, 2.75) is 44.6 Å². The number of hydrogen-bond acceptors (Lipinski definition) is 2. The Hall–Kier alpha value is -1.84. The largest absolute Gasteiger partial charge is 0.480 e. The van der Waals surface area contributed by atoms with E-state index in [0.29, 0.717) is 19.3 Å². The highest BCUT2D eigenvalue weighted by atomic mass is 16.4. The summed E-state index contributed by atoms with van der Waals surface area (Å²) in [6.45, 7) is 3.48. The number of carboxylic acid groups (broad SMARTS) is 1. The molecule has 1 aliphatic carbocycles. The molecule has 0 radical (unpaired) electrons. The highest BCUT2D eigenvalue weighted by Crippen LogP contribution is 2.35. The van der Waals surface area contributed by atoms with Crippen LogP contribution in [-0.4, -0.2) is 22.5 Å². The molecule has 0 saturated carbocycles. The molecule has 0 fully saturated rings. The van der Waals surface area contributed by atoms with Crippen LogP contribution in [0.25, 0.3) is 0 Å². The van der Waals surface area contributed by atoms with Crippen LogP contribution in [0, 0.1) is 0 Å². The summed E-state index contributed by atoms with van der Waals surface area (Å²) in [5, 5.41) is 12.0. The Morgan fingerprint density at radius 2 is 2.11 bits per heavy atom. The molecule has 0 saturated heterocycles. The van der Waals surface area contributed by atoms with Crippen LogP contribution in [0.5, 0.6) is 0 Å². The molecule has 1 aliphatic rings. The average molecular weight is 261 g/mol. The van der Waals surface area contributed by atoms with E-state index in [9.17, 15) is 14.7 Å². The van der Waals surface area contributed by atoms with E-state index in [-0.39, 0.29) is 11.8 Å². The Labute approximate surface area is 112 Å². The lowest BCUT2D eigenvalue weighted by molar-refractivity contribution is -0.147. The number of rotatable bonds is 5. The van der Waals surface area contributed by atoms with Gasteiger partial charge >= 0.3 is 5.97 Å². The van der Waals surface area contributed by atoms with Gasteiger partial charge in [-0.15, -0.1) is 0 Å². The zero-order valence-corrected chi connectivity index (χ0v) is 11.3. The van der Waals surface area contributed by atoms with Gasteiger partial charge < -0.3 is 10.4 Å². The molecule has 2 N–H and O–H groups in total. The molecule has 1 amide bonds. The normalized spacial score (nSPS) is 19.8. The summed E-state index contributed by atoms with van der Waals surface area (Å²) < 4.78 is 0. The first-order valence-corrected chi connectivity index (χ1v) is 6.61. The summed E-state index contributed by atoms with van der Waals surface area (Å²) in [5.41, 5.74) is 1.02. The van der Waals surface area contributed by atoms with Crippen LogP contribution in [0.1, 0.15) is 43.7 Å². The summed E-state index contributed by atoms with van der Waals surface area (Å²) >= 11 is 0. The Morgan fingerprint density at radius 1 is 1.42 bits per heavy atom. The molecule has 0 spiro atoms. The number of hydrogen-bond donors (Lipinski definition) is 2. The quantitative estimate of drug-likeness (QED) is 0.853. The van der Waals surface area contributed by atoms with E-state index in [4.69, 9.17) is 0 Å². The van der Waals surface area contributed by atoms with Crippen LogP contribution in [0.2, 0.25) is 0 Å². The first kappa shape index (κ1) is 13.6. The van der Waals surface area contributed by atoms with Gasteiger partial charge in [0.15, 0.2) is 0 Å². The van der Waals surface area contributed by atoms with Crippen LogP contribution >= 0.6 is 0 Å². The minimum Gasteiger partial charge on any atom is -0.480 e. The number of carbonyl (C=O) groups excluding carboxylic acids is 1. The Kier molecular flexibility index (Phi) is 3.60. The van der Waals surface area contributed by atoms with Crippen molar-refractivity contribution in [3.8, 4) is 0 Å². The number of carbonyl (C=O) groups is 2. The molecule has 1 aromatic carbocycles. The van der Waals surface area contributed by atoms with Crippen LogP contribution < -0.4 is 5.32 Å².